The SMILES string of the molecule is CCCN(CC(=O)N1CCn2cccc2[C@H]1c1ccccc1F)C(=O)/C=C/c1ccccc1. The number of fused-ring (bicyclic) bond motifs is 1. The molecule has 2 amide bonds. The van der Waals surface area contributed by atoms with E-state index in [0.29, 0.717) is 25.2 Å². The van der Waals surface area contributed by atoms with Gasteiger partial charge in [0.25, 0.3) is 0 Å². The fourth-order valence-corrected chi connectivity index (χ4v) is 4.30. The number of benzene rings is 2. The first kappa shape index (κ1) is 22.5. The van der Waals surface area contributed by atoms with Crippen LogP contribution in [0.5, 0.6) is 0 Å². The molecular weight excluding hydrogens is 417 g/mol. The Hall–Kier alpha value is -3.67. The number of hydrogen-bond donors (Lipinski definition) is 0. The molecule has 170 valence electrons. The third-order valence-electron chi connectivity index (χ3n) is 5.91. The van der Waals surface area contributed by atoms with Gasteiger partial charge in [0.2, 0.25) is 11.8 Å². The summed E-state index contributed by atoms with van der Waals surface area (Å²) in [6, 6.07) is 19.5. The molecule has 2 aromatic carbocycles. The lowest BCUT2D eigenvalue weighted by Crippen LogP contribution is -2.48. The molecule has 0 bridgehead atoms. The summed E-state index contributed by atoms with van der Waals surface area (Å²) in [4.78, 5) is 29.6. The van der Waals surface area contributed by atoms with Crippen LogP contribution in [0.15, 0.2) is 79.0 Å². The van der Waals surface area contributed by atoms with Gasteiger partial charge < -0.3 is 14.4 Å². The number of halogens is 1. The average molecular weight is 446 g/mol. The molecule has 0 N–H and O–H groups in total. The predicted molar refractivity (Wildman–Crippen MR) is 127 cm³/mol. The lowest BCUT2D eigenvalue weighted by atomic mass is 9.99. The van der Waals surface area contributed by atoms with Gasteiger partial charge in [-0.25, -0.2) is 4.39 Å². The second kappa shape index (κ2) is 10.3. The number of carbonyl (C=O) groups excluding carboxylic acids is 2. The van der Waals surface area contributed by atoms with E-state index in [1.165, 1.54) is 12.1 Å². The van der Waals surface area contributed by atoms with Gasteiger partial charge in [-0.15, -0.1) is 0 Å². The highest BCUT2D eigenvalue weighted by Crippen LogP contribution is 2.33. The van der Waals surface area contributed by atoms with E-state index in [0.717, 1.165) is 17.7 Å². The van der Waals surface area contributed by atoms with Crippen LogP contribution >= 0.6 is 0 Å². The maximum atomic E-state index is 14.8. The molecule has 0 unspecified atom stereocenters. The average Bonchev–Trinajstić information content (AvgIpc) is 3.32. The Morgan fingerprint density at radius 3 is 2.55 bits per heavy atom. The minimum Gasteiger partial charge on any atom is -0.348 e. The lowest BCUT2D eigenvalue weighted by Gasteiger charge is -2.38. The molecule has 0 radical (unpaired) electrons. The molecule has 0 saturated heterocycles. The largest absolute Gasteiger partial charge is 0.348 e. The highest BCUT2D eigenvalue weighted by Gasteiger charge is 2.34. The van der Waals surface area contributed by atoms with Gasteiger partial charge in [0.1, 0.15) is 18.4 Å². The zero-order valence-electron chi connectivity index (χ0n) is 18.7. The van der Waals surface area contributed by atoms with Crippen LogP contribution in [0, 0.1) is 5.82 Å². The number of hydrogen-bond acceptors (Lipinski definition) is 2. The van der Waals surface area contributed by atoms with Crippen molar-refractivity contribution in [2.75, 3.05) is 19.6 Å². The Bertz CT molecular complexity index is 1140. The number of carbonyl (C=O) groups is 2. The first-order valence-corrected chi connectivity index (χ1v) is 11.3. The van der Waals surface area contributed by atoms with Gasteiger partial charge >= 0.3 is 0 Å². The van der Waals surface area contributed by atoms with Crippen molar-refractivity contribution < 1.29 is 14.0 Å². The quantitative estimate of drug-likeness (QED) is 0.503. The first-order chi connectivity index (χ1) is 16.1. The van der Waals surface area contributed by atoms with E-state index >= 15 is 0 Å². The molecule has 1 aliphatic heterocycles. The molecule has 1 atom stereocenters. The second-order valence-electron chi connectivity index (χ2n) is 8.14. The van der Waals surface area contributed by atoms with Crippen LogP contribution in [0.1, 0.15) is 36.2 Å². The zero-order chi connectivity index (χ0) is 23.2. The molecule has 1 aromatic heterocycles. The summed E-state index contributed by atoms with van der Waals surface area (Å²) in [5.41, 5.74) is 2.25. The first-order valence-electron chi connectivity index (χ1n) is 11.3. The van der Waals surface area contributed by atoms with E-state index < -0.39 is 6.04 Å². The fraction of sp³-hybridized carbons (Fsp3) is 0.259. The van der Waals surface area contributed by atoms with Gasteiger partial charge in [-0.05, 0) is 36.3 Å². The minimum atomic E-state index is -0.527. The van der Waals surface area contributed by atoms with Crippen LogP contribution in [0.3, 0.4) is 0 Å². The van der Waals surface area contributed by atoms with E-state index in [9.17, 15) is 14.0 Å². The van der Waals surface area contributed by atoms with Crippen molar-refractivity contribution in [1.29, 1.82) is 0 Å². The van der Waals surface area contributed by atoms with Gasteiger partial charge in [-0.1, -0.05) is 55.5 Å². The number of aromatic nitrogens is 1. The van der Waals surface area contributed by atoms with Crippen LogP contribution in [0.2, 0.25) is 0 Å². The topological polar surface area (TPSA) is 45.6 Å². The van der Waals surface area contributed by atoms with E-state index in [2.05, 4.69) is 4.57 Å². The summed E-state index contributed by atoms with van der Waals surface area (Å²) in [5.74, 6) is -0.746. The maximum absolute atomic E-state index is 14.8. The third kappa shape index (κ3) is 5.06. The van der Waals surface area contributed by atoms with Gasteiger partial charge in [0.15, 0.2) is 0 Å². The number of amides is 2. The molecule has 5 nitrogen and oxygen atoms in total. The van der Waals surface area contributed by atoms with Crippen molar-refractivity contribution in [3.63, 3.8) is 0 Å². The van der Waals surface area contributed by atoms with Crippen molar-refractivity contribution >= 4 is 17.9 Å². The minimum absolute atomic E-state index is 0.0442. The second-order valence-corrected chi connectivity index (χ2v) is 8.14. The molecular formula is C27H28FN3O2. The molecule has 3 aromatic rings. The normalized spacial score (nSPS) is 15.5. The molecule has 0 fully saturated rings. The summed E-state index contributed by atoms with van der Waals surface area (Å²) in [6.45, 7) is 3.49. The van der Waals surface area contributed by atoms with Crippen LogP contribution in [0.25, 0.3) is 6.08 Å². The standard InChI is InChI=1S/C27H28FN3O2/c1-2-16-30(25(32)15-14-21-9-4-3-5-10-21)20-26(33)31-19-18-29-17-8-13-24(29)27(31)22-11-6-7-12-23(22)28/h3-15,17,27H,2,16,18-20H2,1H3/b15-14+/t27-/m1/s1. The highest BCUT2D eigenvalue weighted by atomic mass is 19.1. The maximum Gasteiger partial charge on any atom is 0.247 e. The predicted octanol–water partition coefficient (Wildman–Crippen LogP) is 4.51. The van der Waals surface area contributed by atoms with Crippen LogP contribution in [0.4, 0.5) is 4.39 Å². The van der Waals surface area contributed by atoms with E-state index in [1.807, 2.05) is 55.6 Å². The molecule has 0 spiro atoms. The molecule has 0 aliphatic carbocycles. The van der Waals surface area contributed by atoms with Crippen LogP contribution in [-0.2, 0) is 16.1 Å². The van der Waals surface area contributed by atoms with Gasteiger partial charge in [0.05, 0.1) is 0 Å². The van der Waals surface area contributed by atoms with Gasteiger partial charge in [-0.2, -0.15) is 0 Å². The van der Waals surface area contributed by atoms with Gasteiger partial charge in [0, 0.05) is 43.2 Å². The molecule has 4 rings (SSSR count). The summed E-state index contributed by atoms with van der Waals surface area (Å²) in [5, 5.41) is 0. The molecule has 6 heteroatoms. The Labute approximate surface area is 193 Å². The Morgan fingerprint density at radius 2 is 1.79 bits per heavy atom. The lowest BCUT2D eigenvalue weighted by molar-refractivity contribution is -0.140. The van der Waals surface area contributed by atoms with E-state index in [1.54, 1.807) is 34.1 Å². The van der Waals surface area contributed by atoms with Crippen LogP contribution < -0.4 is 0 Å². The Balaban J connectivity index is 1.56. The summed E-state index contributed by atoms with van der Waals surface area (Å²) in [6.07, 6.45) is 5.95. The van der Waals surface area contributed by atoms with Crippen molar-refractivity contribution in [1.82, 2.24) is 14.4 Å². The monoisotopic (exact) mass is 445 g/mol. The zero-order valence-corrected chi connectivity index (χ0v) is 18.7. The van der Waals surface area contributed by atoms with Gasteiger partial charge in [-0.3, -0.25) is 9.59 Å². The van der Waals surface area contributed by atoms with Crippen molar-refractivity contribution in [3.05, 3.63) is 102 Å². The van der Waals surface area contributed by atoms with Crippen molar-refractivity contribution in [3.8, 4) is 0 Å². The summed E-state index contributed by atoms with van der Waals surface area (Å²) in [7, 11) is 0. The summed E-state index contributed by atoms with van der Waals surface area (Å²) < 4.78 is 16.8. The Morgan fingerprint density at radius 1 is 1.03 bits per heavy atom. The van der Waals surface area contributed by atoms with Crippen molar-refractivity contribution in [2.45, 2.75) is 25.9 Å². The third-order valence-corrected chi connectivity index (χ3v) is 5.91. The highest BCUT2D eigenvalue weighted by molar-refractivity contribution is 5.94. The molecule has 0 saturated carbocycles. The molecule has 1 aliphatic rings. The molecule has 33 heavy (non-hydrogen) atoms. The van der Waals surface area contributed by atoms with E-state index in [4.69, 9.17) is 0 Å². The Kier molecular flexibility index (Phi) is 7.03. The van der Waals surface area contributed by atoms with E-state index in [-0.39, 0.29) is 24.2 Å². The molecule has 2 heterocycles. The smallest absolute Gasteiger partial charge is 0.247 e. The summed E-state index contributed by atoms with van der Waals surface area (Å²) >= 11 is 0. The fourth-order valence-electron chi connectivity index (χ4n) is 4.30. The van der Waals surface area contributed by atoms with Crippen LogP contribution in [-0.4, -0.2) is 45.8 Å². The number of rotatable bonds is 7. The van der Waals surface area contributed by atoms with Crippen molar-refractivity contribution in [2.24, 2.45) is 0 Å². The number of nitrogens with zero attached hydrogens (tertiary/aromatic N) is 3.